The third kappa shape index (κ3) is 1.75. The van der Waals surface area contributed by atoms with Crippen molar-refractivity contribution >= 4 is 28.9 Å². The normalized spacial score (nSPS) is 20.9. The first-order valence-electron chi connectivity index (χ1n) is 6.75. The van der Waals surface area contributed by atoms with E-state index < -0.39 is 17.6 Å². The summed E-state index contributed by atoms with van der Waals surface area (Å²) in [5, 5.41) is 3.60. The van der Waals surface area contributed by atoms with Crippen LogP contribution in [0.2, 0.25) is 0 Å². The van der Waals surface area contributed by atoms with Crippen molar-refractivity contribution in [2.24, 2.45) is 0 Å². The zero-order valence-electron chi connectivity index (χ0n) is 11.1. The van der Waals surface area contributed by atoms with Gasteiger partial charge in [-0.05, 0) is 18.9 Å². The van der Waals surface area contributed by atoms with Gasteiger partial charge in [0.25, 0.3) is 0 Å². The minimum atomic E-state index is -0.863. The van der Waals surface area contributed by atoms with Crippen LogP contribution in [0.4, 0.5) is 10.6 Å². The van der Waals surface area contributed by atoms with Crippen molar-refractivity contribution in [3.63, 3.8) is 0 Å². The Kier molecular flexibility index (Phi) is 2.41. The lowest BCUT2D eigenvalue weighted by Gasteiger charge is -2.36. The van der Waals surface area contributed by atoms with Crippen LogP contribution >= 0.6 is 0 Å². The number of fused-ring (bicyclic) bond motifs is 1. The average molecular weight is 287 g/mol. The fourth-order valence-corrected chi connectivity index (χ4v) is 2.99. The molecule has 2 fully saturated rings. The van der Waals surface area contributed by atoms with Crippen LogP contribution in [0, 0.1) is 0 Å². The minimum Gasteiger partial charge on any atom is -0.374 e. The van der Waals surface area contributed by atoms with Gasteiger partial charge in [0, 0.05) is 19.3 Å². The van der Waals surface area contributed by atoms with E-state index in [1.165, 1.54) is 6.33 Å². The first-order chi connectivity index (χ1) is 10.2. The number of carbonyl (C=O) groups excluding carboxylic acids is 2. The van der Waals surface area contributed by atoms with E-state index in [0.29, 0.717) is 25.9 Å². The fourth-order valence-electron chi connectivity index (χ4n) is 2.99. The molecule has 2 aromatic heterocycles. The summed E-state index contributed by atoms with van der Waals surface area (Å²) >= 11 is 0. The molecule has 2 N–H and O–H groups in total. The Labute approximate surface area is 119 Å². The Hall–Kier alpha value is -2.64. The topological polar surface area (TPSA) is 100 Å². The molecule has 4 heterocycles. The van der Waals surface area contributed by atoms with Crippen molar-refractivity contribution in [3.8, 4) is 0 Å². The molecule has 2 aromatic rings. The fraction of sp³-hybridized carbons (Fsp3) is 0.385. The summed E-state index contributed by atoms with van der Waals surface area (Å²) in [7, 11) is 0. The molecular formula is C13H13N5O3. The highest BCUT2D eigenvalue weighted by molar-refractivity contribution is 5.99. The third-order valence-corrected chi connectivity index (χ3v) is 4.17. The SMILES string of the molecule is O=C1NC2(CCN(c3ncnc4[nH]ccc34)CC2)C(=O)O1. The second-order valence-corrected chi connectivity index (χ2v) is 5.31. The van der Waals surface area contributed by atoms with Crippen LogP contribution in [0.3, 0.4) is 0 Å². The first-order valence-corrected chi connectivity index (χ1v) is 6.75. The lowest BCUT2D eigenvalue weighted by molar-refractivity contribution is -0.139. The molecule has 1 spiro atoms. The molecule has 2 saturated heterocycles. The van der Waals surface area contributed by atoms with Gasteiger partial charge in [-0.2, -0.15) is 0 Å². The number of hydrogen-bond donors (Lipinski definition) is 2. The van der Waals surface area contributed by atoms with Gasteiger partial charge < -0.3 is 19.9 Å². The van der Waals surface area contributed by atoms with E-state index in [2.05, 4.69) is 29.9 Å². The summed E-state index contributed by atoms with van der Waals surface area (Å²) < 4.78 is 4.62. The van der Waals surface area contributed by atoms with Crippen LogP contribution in [0.25, 0.3) is 11.0 Å². The van der Waals surface area contributed by atoms with Gasteiger partial charge in [0.2, 0.25) is 0 Å². The number of H-pyrrole nitrogens is 1. The molecule has 0 atom stereocenters. The quantitative estimate of drug-likeness (QED) is 0.587. The molecule has 2 aliphatic heterocycles. The molecule has 0 aliphatic carbocycles. The highest BCUT2D eigenvalue weighted by Gasteiger charge is 2.50. The van der Waals surface area contributed by atoms with Crippen LogP contribution in [0.5, 0.6) is 0 Å². The van der Waals surface area contributed by atoms with Crippen molar-refractivity contribution < 1.29 is 14.3 Å². The Bertz CT molecular complexity index is 732. The zero-order valence-corrected chi connectivity index (χ0v) is 11.1. The predicted molar refractivity (Wildman–Crippen MR) is 72.7 cm³/mol. The Balaban J connectivity index is 1.59. The number of ether oxygens (including phenoxy) is 1. The van der Waals surface area contributed by atoms with Crippen LogP contribution in [-0.2, 0) is 9.53 Å². The molecular weight excluding hydrogens is 274 g/mol. The summed E-state index contributed by atoms with van der Waals surface area (Å²) in [4.78, 5) is 36.7. The predicted octanol–water partition coefficient (Wildman–Crippen LogP) is 0.563. The highest BCUT2D eigenvalue weighted by atomic mass is 16.6. The number of anilines is 1. The van der Waals surface area contributed by atoms with Crippen molar-refractivity contribution in [3.05, 3.63) is 18.6 Å². The van der Waals surface area contributed by atoms with Crippen molar-refractivity contribution in [1.29, 1.82) is 0 Å². The number of hydrogen-bond acceptors (Lipinski definition) is 6. The number of esters is 1. The monoisotopic (exact) mass is 287 g/mol. The number of nitrogens with one attached hydrogen (secondary N) is 2. The number of nitrogens with zero attached hydrogens (tertiary/aromatic N) is 3. The van der Waals surface area contributed by atoms with Gasteiger partial charge >= 0.3 is 12.1 Å². The van der Waals surface area contributed by atoms with Gasteiger partial charge in [-0.15, -0.1) is 0 Å². The number of amides is 1. The standard InChI is InChI=1S/C13H13N5O3/c19-11-13(17-12(20)21-11)2-5-18(6-3-13)10-8-1-4-14-9(8)15-7-16-10/h1,4,7H,2-3,5-6H2,(H,17,20)(H,14,15,16). The van der Waals surface area contributed by atoms with Gasteiger partial charge in [0.15, 0.2) is 0 Å². The number of cyclic esters (lactones) is 2. The summed E-state index contributed by atoms with van der Waals surface area (Å²) in [6.07, 6.45) is 3.71. The smallest absolute Gasteiger partial charge is 0.374 e. The van der Waals surface area contributed by atoms with Gasteiger partial charge in [-0.1, -0.05) is 0 Å². The van der Waals surface area contributed by atoms with Crippen LogP contribution < -0.4 is 10.2 Å². The maximum atomic E-state index is 11.8. The maximum absolute atomic E-state index is 11.8. The van der Waals surface area contributed by atoms with E-state index in [-0.39, 0.29) is 0 Å². The summed E-state index contributed by atoms with van der Waals surface area (Å²) in [5.41, 5.74) is -0.0772. The zero-order chi connectivity index (χ0) is 14.4. The van der Waals surface area contributed by atoms with Crippen molar-refractivity contribution in [2.75, 3.05) is 18.0 Å². The van der Waals surface area contributed by atoms with Gasteiger partial charge in [0.1, 0.15) is 23.3 Å². The molecule has 0 unspecified atom stereocenters. The number of carbonyl (C=O) groups is 2. The van der Waals surface area contributed by atoms with Crippen molar-refractivity contribution in [2.45, 2.75) is 18.4 Å². The van der Waals surface area contributed by atoms with Gasteiger partial charge in [-0.25, -0.2) is 19.6 Å². The van der Waals surface area contributed by atoms with Crippen LogP contribution in [0.1, 0.15) is 12.8 Å². The summed E-state index contributed by atoms with van der Waals surface area (Å²) in [5.74, 6) is 0.371. The minimum absolute atomic E-state index is 0.471. The Morgan fingerprint density at radius 2 is 2.05 bits per heavy atom. The molecule has 0 bridgehead atoms. The maximum Gasteiger partial charge on any atom is 0.415 e. The number of piperidine rings is 1. The number of aromatic amines is 1. The van der Waals surface area contributed by atoms with Crippen molar-refractivity contribution in [1.82, 2.24) is 20.3 Å². The Morgan fingerprint density at radius 3 is 2.76 bits per heavy atom. The highest BCUT2D eigenvalue weighted by Crippen LogP contribution is 2.31. The molecule has 4 rings (SSSR count). The molecule has 21 heavy (non-hydrogen) atoms. The molecule has 2 aliphatic rings. The molecule has 0 radical (unpaired) electrons. The van der Waals surface area contributed by atoms with E-state index in [1.54, 1.807) is 0 Å². The third-order valence-electron chi connectivity index (χ3n) is 4.17. The molecule has 0 aromatic carbocycles. The summed E-state index contributed by atoms with van der Waals surface area (Å²) in [6, 6.07) is 1.93. The number of aromatic nitrogens is 3. The lowest BCUT2D eigenvalue weighted by Crippen LogP contribution is -2.54. The lowest BCUT2D eigenvalue weighted by atomic mass is 9.88. The molecule has 0 saturated carbocycles. The molecule has 8 nitrogen and oxygen atoms in total. The van der Waals surface area contributed by atoms with E-state index in [1.807, 2.05) is 12.3 Å². The first kappa shape index (κ1) is 12.1. The van der Waals surface area contributed by atoms with E-state index in [0.717, 1.165) is 16.9 Å². The molecule has 108 valence electrons. The average Bonchev–Trinajstić information content (AvgIpc) is 3.05. The van der Waals surface area contributed by atoms with E-state index >= 15 is 0 Å². The second kappa shape index (κ2) is 4.18. The van der Waals surface area contributed by atoms with Crippen LogP contribution in [-0.4, -0.2) is 45.6 Å². The van der Waals surface area contributed by atoms with E-state index in [9.17, 15) is 9.59 Å². The second-order valence-electron chi connectivity index (χ2n) is 5.31. The molecule has 1 amide bonds. The largest absolute Gasteiger partial charge is 0.415 e. The van der Waals surface area contributed by atoms with Crippen LogP contribution in [0.15, 0.2) is 18.6 Å². The number of alkyl carbamates (subject to hydrolysis) is 1. The molecule has 8 heteroatoms. The summed E-state index contributed by atoms with van der Waals surface area (Å²) in [6.45, 7) is 1.24. The van der Waals surface area contributed by atoms with Gasteiger partial charge in [0.05, 0.1) is 5.39 Å². The van der Waals surface area contributed by atoms with Gasteiger partial charge in [-0.3, -0.25) is 0 Å². The Morgan fingerprint density at radius 1 is 1.24 bits per heavy atom. The number of rotatable bonds is 1. The van der Waals surface area contributed by atoms with E-state index in [4.69, 9.17) is 0 Å².